The van der Waals surface area contributed by atoms with Crippen molar-refractivity contribution in [3.63, 3.8) is 0 Å². The number of nitrogens with one attached hydrogen (secondary N) is 2. The van der Waals surface area contributed by atoms with Crippen molar-refractivity contribution in [1.82, 2.24) is 19.7 Å². The van der Waals surface area contributed by atoms with E-state index in [4.69, 9.17) is 10.8 Å². The van der Waals surface area contributed by atoms with Gasteiger partial charge in [-0.15, -0.1) is 0 Å². The Balaban J connectivity index is 1.85. The van der Waals surface area contributed by atoms with Gasteiger partial charge in [0.15, 0.2) is 5.13 Å². The van der Waals surface area contributed by atoms with Crippen LogP contribution in [0.2, 0.25) is 0 Å². The first-order chi connectivity index (χ1) is 12.9. The highest BCUT2D eigenvalue weighted by atomic mass is 32.2. The second-order valence-corrected chi connectivity index (χ2v) is 8.30. The van der Waals surface area contributed by atoms with Crippen LogP contribution in [0.3, 0.4) is 0 Å². The number of hydrogen-bond donors (Lipinski definition) is 4. The molecule has 3 rings (SSSR count). The maximum Gasteiger partial charge on any atom is 0.240 e. The Bertz CT molecular complexity index is 1050. The highest BCUT2D eigenvalue weighted by molar-refractivity contribution is 7.89. The molecule has 27 heavy (non-hydrogen) atoms. The van der Waals surface area contributed by atoms with Crippen LogP contribution in [0, 0.1) is 6.92 Å². The lowest BCUT2D eigenvalue weighted by atomic mass is 10.3. The molecule has 0 aliphatic carbocycles. The Morgan fingerprint density at radius 2 is 2.07 bits per heavy atom. The fraction of sp³-hybridized carbons (Fsp3) is 0.188. The van der Waals surface area contributed by atoms with Crippen molar-refractivity contribution < 1.29 is 13.5 Å². The summed E-state index contributed by atoms with van der Waals surface area (Å²) >= 11 is 1.34. The summed E-state index contributed by atoms with van der Waals surface area (Å²) in [5, 5.41) is 12.3. The first-order valence-electron chi connectivity index (χ1n) is 7.93. The van der Waals surface area contributed by atoms with Crippen LogP contribution in [0.15, 0.2) is 41.4 Å². The number of aryl methyl sites for hydroxylation is 1. The van der Waals surface area contributed by atoms with Gasteiger partial charge in [0.2, 0.25) is 16.0 Å². The van der Waals surface area contributed by atoms with Crippen LogP contribution in [0.5, 0.6) is 0 Å². The molecule has 0 fully saturated rings. The van der Waals surface area contributed by atoms with E-state index in [1.165, 1.54) is 23.5 Å². The van der Waals surface area contributed by atoms with Gasteiger partial charge in [0.1, 0.15) is 0 Å². The molecule has 0 radical (unpaired) electrons. The van der Waals surface area contributed by atoms with E-state index in [0.29, 0.717) is 22.5 Å². The number of benzene rings is 1. The molecule has 0 saturated carbocycles. The quantitative estimate of drug-likeness (QED) is 0.462. The number of aliphatic hydroxyl groups is 1. The Hall–Kier alpha value is -2.60. The van der Waals surface area contributed by atoms with Crippen molar-refractivity contribution in [2.75, 3.05) is 24.2 Å². The van der Waals surface area contributed by atoms with Gasteiger partial charge in [-0.25, -0.2) is 28.1 Å². The molecule has 2 aromatic heterocycles. The van der Waals surface area contributed by atoms with Gasteiger partial charge in [-0.1, -0.05) is 17.4 Å². The second-order valence-electron chi connectivity index (χ2n) is 5.51. The van der Waals surface area contributed by atoms with E-state index < -0.39 is 10.0 Å². The Morgan fingerprint density at radius 1 is 1.26 bits per heavy atom. The van der Waals surface area contributed by atoms with E-state index in [2.05, 4.69) is 25.0 Å². The molecule has 1 aromatic carbocycles. The number of nitrogens with two attached hydrogens (primary N) is 1. The van der Waals surface area contributed by atoms with E-state index >= 15 is 0 Å². The summed E-state index contributed by atoms with van der Waals surface area (Å²) in [6.07, 6.45) is 1.60. The van der Waals surface area contributed by atoms with Gasteiger partial charge in [0, 0.05) is 18.4 Å². The van der Waals surface area contributed by atoms with Gasteiger partial charge in [0.25, 0.3) is 0 Å². The van der Waals surface area contributed by atoms with Crippen LogP contribution in [0.25, 0.3) is 10.6 Å². The van der Waals surface area contributed by atoms with Crippen molar-refractivity contribution in [2.45, 2.75) is 11.8 Å². The fourth-order valence-corrected chi connectivity index (χ4v) is 4.20. The molecule has 0 unspecified atom stereocenters. The van der Waals surface area contributed by atoms with Crippen LogP contribution < -0.4 is 15.8 Å². The molecule has 5 N–H and O–H groups in total. The summed E-state index contributed by atoms with van der Waals surface area (Å²) in [5.74, 6) is 0.316. The number of sulfonamides is 1. The first-order valence-corrected chi connectivity index (χ1v) is 10.2. The molecule has 0 aliphatic rings. The number of aliphatic hydroxyl groups excluding tert-OH is 1. The molecule has 3 aromatic rings. The minimum Gasteiger partial charge on any atom is -0.395 e. The lowest BCUT2D eigenvalue weighted by Gasteiger charge is -2.09. The molecule has 9 nitrogen and oxygen atoms in total. The monoisotopic (exact) mass is 406 g/mol. The number of aromatic nitrogens is 3. The normalized spacial score (nSPS) is 11.5. The number of thiazole rings is 1. The van der Waals surface area contributed by atoms with E-state index in [9.17, 15) is 8.42 Å². The Labute approximate surface area is 160 Å². The largest absolute Gasteiger partial charge is 0.395 e. The van der Waals surface area contributed by atoms with Crippen LogP contribution in [-0.2, 0) is 10.0 Å². The van der Waals surface area contributed by atoms with Gasteiger partial charge < -0.3 is 16.2 Å². The third kappa shape index (κ3) is 4.57. The molecule has 0 spiro atoms. The lowest BCUT2D eigenvalue weighted by Crippen LogP contribution is -2.26. The maximum absolute atomic E-state index is 12.2. The molecule has 0 saturated heterocycles. The van der Waals surface area contributed by atoms with Crippen molar-refractivity contribution in [2.24, 2.45) is 0 Å². The highest BCUT2D eigenvalue weighted by Gasteiger charge is 2.14. The van der Waals surface area contributed by atoms with Gasteiger partial charge in [-0.05, 0) is 31.2 Å². The number of rotatable bonds is 7. The summed E-state index contributed by atoms with van der Waals surface area (Å²) in [6.45, 7) is 1.52. The number of nitrogen functional groups attached to an aromatic ring is 1. The topological polar surface area (TPSA) is 143 Å². The summed E-state index contributed by atoms with van der Waals surface area (Å²) in [6, 6.07) is 7.99. The molecule has 11 heteroatoms. The van der Waals surface area contributed by atoms with E-state index in [0.717, 1.165) is 10.6 Å². The van der Waals surface area contributed by atoms with E-state index in [-0.39, 0.29) is 18.0 Å². The van der Waals surface area contributed by atoms with E-state index in [1.807, 2.05) is 6.92 Å². The molecule has 0 amide bonds. The summed E-state index contributed by atoms with van der Waals surface area (Å²) < 4.78 is 26.7. The molecule has 2 heterocycles. The predicted octanol–water partition coefficient (Wildman–Crippen LogP) is 1.50. The summed E-state index contributed by atoms with van der Waals surface area (Å²) in [7, 11) is -3.70. The molecule has 0 aliphatic heterocycles. The SMILES string of the molecule is Cc1nc(N)sc1-c1ccnc(Nc2cccc(S(=O)(=O)NCCO)c2)n1. The molecule has 142 valence electrons. The standard InChI is InChI=1S/C16H18N6O3S2/c1-10-14(26-15(17)20-10)13-5-6-18-16(22-13)21-11-3-2-4-12(9-11)27(24,25)19-7-8-23/h2-6,9,19,23H,7-8H2,1H3,(H2,17,20)(H,18,21,22). The zero-order valence-electron chi connectivity index (χ0n) is 14.4. The smallest absolute Gasteiger partial charge is 0.240 e. The summed E-state index contributed by atoms with van der Waals surface area (Å²) in [4.78, 5) is 13.7. The second kappa shape index (κ2) is 7.96. The molecular formula is C16H18N6O3S2. The molecule has 0 bridgehead atoms. The third-order valence-electron chi connectivity index (χ3n) is 3.51. The van der Waals surface area contributed by atoms with Crippen molar-refractivity contribution >= 4 is 38.1 Å². The number of nitrogens with zero attached hydrogens (tertiary/aromatic N) is 3. The zero-order chi connectivity index (χ0) is 19.4. The Kier molecular flexibility index (Phi) is 5.65. The number of anilines is 3. The van der Waals surface area contributed by atoms with Gasteiger partial charge in [-0.3, -0.25) is 0 Å². The van der Waals surface area contributed by atoms with Gasteiger partial charge in [-0.2, -0.15) is 0 Å². The molecule has 0 atom stereocenters. The average Bonchev–Trinajstić information content (AvgIpc) is 2.99. The molecular weight excluding hydrogens is 388 g/mol. The van der Waals surface area contributed by atoms with Crippen molar-refractivity contribution in [1.29, 1.82) is 0 Å². The third-order valence-corrected chi connectivity index (χ3v) is 5.97. The van der Waals surface area contributed by atoms with E-state index in [1.54, 1.807) is 24.4 Å². The van der Waals surface area contributed by atoms with Crippen LogP contribution in [0.4, 0.5) is 16.8 Å². The minimum atomic E-state index is -3.70. The van der Waals surface area contributed by atoms with Gasteiger partial charge >= 0.3 is 0 Å². The van der Waals surface area contributed by atoms with Crippen LogP contribution in [0.1, 0.15) is 5.69 Å². The summed E-state index contributed by atoms with van der Waals surface area (Å²) in [5.41, 5.74) is 7.71. The van der Waals surface area contributed by atoms with Crippen LogP contribution >= 0.6 is 11.3 Å². The minimum absolute atomic E-state index is 0.0531. The Morgan fingerprint density at radius 3 is 2.78 bits per heavy atom. The number of hydrogen-bond acceptors (Lipinski definition) is 9. The maximum atomic E-state index is 12.2. The highest BCUT2D eigenvalue weighted by Crippen LogP contribution is 2.30. The average molecular weight is 406 g/mol. The van der Waals surface area contributed by atoms with Crippen LogP contribution in [-0.4, -0.2) is 41.6 Å². The first kappa shape index (κ1) is 19.2. The zero-order valence-corrected chi connectivity index (χ0v) is 16.0. The van der Waals surface area contributed by atoms with Crippen molar-refractivity contribution in [3.05, 3.63) is 42.2 Å². The van der Waals surface area contributed by atoms with Crippen molar-refractivity contribution in [3.8, 4) is 10.6 Å². The lowest BCUT2D eigenvalue weighted by molar-refractivity contribution is 0.301. The predicted molar refractivity (Wildman–Crippen MR) is 104 cm³/mol. The fourth-order valence-electron chi connectivity index (χ4n) is 2.33. The van der Waals surface area contributed by atoms with Gasteiger partial charge in [0.05, 0.1) is 27.8 Å².